The lowest BCUT2D eigenvalue weighted by molar-refractivity contribution is -0.137. The second-order valence-corrected chi connectivity index (χ2v) is 14.9. The van der Waals surface area contributed by atoms with Crippen molar-refractivity contribution in [3.63, 3.8) is 0 Å². The van der Waals surface area contributed by atoms with Crippen LogP contribution in [-0.2, 0) is 19.6 Å². The molecule has 1 fully saturated rings. The molecule has 2 heterocycles. The van der Waals surface area contributed by atoms with Crippen molar-refractivity contribution in [1.29, 1.82) is 0 Å². The first-order chi connectivity index (χ1) is 22.3. The first-order valence-corrected chi connectivity index (χ1v) is 18.4. The minimum Gasteiger partial charge on any atom is -0.490 e. The lowest BCUT2D eigenvalue weighted by Gasteiger charge is -2.36. The number of hydrogen-bond donors (Lipinski definition) is 2. The number of hydrogen-bond acceptors (Lipinski definition) is 9. The van der Waals surface area contributed by atoms with Gasteiger partial charge in [-0.1, -0.05) is 31.3 Å². The summed E-state index contributed by atoms with van der Waals surface area (Å²) < 4.78 is 46.9. The summed E-state index contributed by atoms with van der Waals surface area (Å²) in [5, 5.41) is 14.0. The number of aromatic nitrogens is 1. The van der Waals surface area contributed by atoms with Crippen LogP contribution in [0.25, 0.3) is 0 Å². The molecule has 1 aliphatic carbocycles. The molecular formula is C34H52N4O8S. The van der Waals surface area contributed by atoms with E-state index < -0.39 is 22.0 Å². The summed E-state index contributed by atoms with van der Waals surface area (Å²) in [6, 6.07) is 4.07. The molecule has 2 aromatic rings. The van der Waals surface area contributed by atoms with Gasteiger partial charge in [0.15, 0.2) is 10.7 Å². The number of ether oxygens (including phenoxy) is 2. The SMILES string of the molecule is Cc1noc(C)c1S(=O)(=O)Nc1ccc2c(c1)C(=O)N([C@@H](C)CO)C[C@H](C)[C@@H](CN(C)C(=O)C1CCCCC1)OCCCC[C@H](C)O2. The summed E-state index contributed by atoms with van der Waals surface area (Å²) in [6.07, 6.45) is 6.94. The fourth-order valence-electron chi connectivity index (χ4n) is 6.53. The number of nitrogens with one attached hydrogen (secondary N) is 1. The molecule has 0 bridgehead atoms. The van der Waals surface area contributed by atoms with Crippen molar-refractivity contribution in [2.24, 2.45) is 11.8 Å². The standard InChI is InChI=1S/C34H52N4O8S/c1-22-19-38(23(2)21-39)34(41)29-18-28(36-47(42,43)32-25(4)35-46-26(32)5)15-16-30(29)45-24(3)12-10-11-17-44-31(22)20-37(6)33(40)27-13-8-7-9-14-27/h15-16,18,22-24,27,31,36,39H,7-14,17,19-21H2,1-6H3/t22-,23-,24-,31+/m0/s1. The normalized spacial score (nSPS) is 22.9. The van der Waals surface area contributed by atoms with Gasteiger partial charge < -0.3 is 28.9 Å². The van der Waals surface area contributed by atoms with E-state index in [4.69, 9.17) is 14.0 Å². The topological polar surface area (TPSA) is 152 Å². The molecule has 1 saturated carbocycles. The average Bonchev–Trinajstić information content (AvgIpc) is 3.40. The highest BCUT2D eigenvalue weighted by atomic mass is 32.2. The predicted molar refractivity (Wildman–Crippen MR) is 178 cm³/mol. The van der Waals surface area contributed by atoms with Gasteiger partial charge in [-0.05, 0) is 78.0 Å². The van der Waals surface area contributed by atoms with E-state index in [1.807, 2.05) is 20.9 Å². The van der Waals surface area contributed by atoms with E-state index in [0.717, 1.165) is 38.5 Å². The molecule has 0 radical (unpaired) electrons. The van der Waals surface area contributed by atoms with Gasteiger partial charge in [-0.15, -0.1) is 0 Å². The van der Waals surface area contributed by atoms with Crippen LogP contribution in [0.1, 0.15) is 93.9 Å². The Bertz CT molecular complexity index is 1450. The molecule has 0 saturated heterocycles. The summed E-state index contributed by atoms with van der Waals surface area (Å²) in [7, 11) is -2.24. The second kappa shape index (κ2) is 16.3. The number of aliphatic hydroxyl groups is 1. The molecular weight excluding hydrogens is 624 g/mol. The lowest BCUT2D eigenvalue weighted by atomic mass is 9.88. The van der Waals surface area contributed by atoms with Gasteiger partial charge in [0, 0.05) is 44.3 Å². The molecule has 47 heavy (non-hydrogen) atoms. The number of amides is 2. The number of nitrogens with zero attached hydrogens (tertiary/aromatic N) is 3. The molecule has 1 aliphatic heterocycles. The lowest BCUT2D eigenvalue weighted by Crippen LogP contribution is -2.48. The third kappa shape index (κ3) is 9.26. The van der Waals surface area contributed by atoms with Gasteiger partial charge in [0.05, 0.1) is 30.4 Å². The van der Waals surface area contributed by atoms with E-state index in [1.165, 1.54) is 19.4 Å². The van der Waals surface area contributed by atoms with Gasteiger partial charge in [-0.25, -0.2) is 8.42 Å². The Balaban J connectivity index is 1.65. The van der Waals surface area contributed by atoms with Crippen molar-refractivity contribution < 1.29 is 37.1 Å². The maximum Gasteiger partial charge on any atom is 0.267 e. The Morgan fingerprint density at radius 1 is 1.13 bits per heavy atom. The number of anilines is 1. The van der Waals surface area contributed by atoms with Gasteiger partial charge in [0.25, 0.3) is 15.9 Å². The molecule has 1 aromatic heterocycles. The Labute approximate surface area is 279 Å². The van der Waals surface area contributed by atoms with Crippen LogP contribution >= 0.6 is 0 Å². The highest BCUT2D eigenvalue weighted by Crippen LogP contribution is 2.31. The Hall–Kier alpha value is -3.16. The smallest absolute Gasteiger partial charge is 0.267 e. The number of aryl methyl sites for hydroxylation is 2. The maximum absolute atomic E-state index is 14.4. The van der Waals surface area contributed by atoms with Crippen LogP contribution in [0.2, 0.25) is 0 Å². The third-order valence-corrected chi connectivity index (χ3v) is 10.9. The first-order valence-electron chi connectivity index (χ1n) is 16.9. The number of sulfonamides is 1. The van der Waals surface area contributed by atoms with Gasteiger partial charge in [0.2, 0.25) is 5.91 Å². The number of benzene rings is 1. The second-order valence-electron chi connectivity index (χ2n) is 13.3. The van der Waals surface area contributed by atoms with Crippen LogP contribution in [0.5, 0.6) is 5.75 Å². The minimum absolute atomic E-state index is 0.0391. The fraction of sp³-hybridized carbons (Fsp3) is 0.676. The molecule has 2 amide bonds. The number of carbonyl (C=O) groups is 2. The molecule has 13 heteroatoms. The molecule has 2 aliphatic rings. The highest BCUT2D eigenvalue weighted by Gasteiger charge is 2.33. The average molecular weight is 677 g/mol. The van der Waals surface area contributed by atoms with Crippen molar-refractivity contribution in [2.75, 3.05) is 38.1 Å². The Kier molecular flexibility index (Phi) is 12.7. The molecule has 262 valence electrons. The zero-order valence-electron chi connectivity index (χ0n) is 28.7. The number of likely N-dealkylation sites (N-methyl/N-ethyl adjacent to an activating group) is 1. The number of carbonyl (C=O) groups excluding carboxylic acids is 2. The number of aliphatic hydroxyl groups excluding tert-OH is 1. The van der Waals surface area contributed by atoms with Crippen LogP contribution < -0.4 is 9.46 Å². The molecule has 0 spiro atoms. The Morgan fingerprint density at radius 3 is 2.49 bits per heavy atom. The molecule has 4 rings (SSSR count). The highest BCUT2D eigenvalue weighted by molar-refractivity contribution is 7.92. The summed E-state index contributed by atoms with van der Waals surface area (Å²) in [4.78, 5) is 31.0. The van der Waals surface area contributed by atoms with E-state index in [1.54, 1.807) is 35.8 Å². The van der Waals surface area contributed by atoms with E-state index in [-0.39, 0.29) is 70.7 Å². The van der Waals surface area contributed by atoms with Gasteiger partial charge in [-0.3, -0.25) is 14.3 Å². The van der Waals surface area contributed by atoms with Crippen LogP contribution in [0.15, 0.2) is 27.6 Å². The molecule has 1 aromatic carbocycles. The van der Waals surface area contributed by atoms with Crippen LogP contribution in [-0.4, -0.2) is 91.9 Å². The fourth-order valence-corrected chi connectivity index (χ4v) is 7.92. The van der Waals surface area contributed by atoms with Crippen molar-refractivity contribution in [3.05, 3.63) is 35.2 Å². The minimum atomic E-state index is -4.07. The third-order valence-electron chi connectivity index (χ3n) is 9.32. The predicted octanol–water partition coefficient (Wildman–Crippen LogP) is 4.93. The van der Waals surface area contributed by atoms with Gasteiger partial charge >= 0.3 is 0 Å². The quantitative estimate of drug-likeness (QED) is 0.397. The van der Waals surface area contributed by atoms with Crippen molar-refractivity contribution in [3.8, 4) is 5.75 Å². The monoisotopic (exact) mass is 676 g/mol. The Morgan fingerprint density at radius 2 is 1.83 bits per heavy atom. The zero-order valence-corrected chi connectivity index (χ0v) is 29.5. The molecule has 12 nitrogen and oxygen atoms in total. The number of fused-ring (bicyclic) bond motifs is 1. The van der Waals surface area contributed by atoms with Crippen molar-refractivity contribution in [1.82, 2.24) is 15.0 Å². The van der Waals surface area contributed by atoms with Crippen LogP contribution in [0, 0.1) is 25.7 Å². The van der Waals surface area contributed by atoms with Gasteiger partial charge in [0.1, 0.15) is 11.4 Å². The summed E-state index contributed by atoms with van der Waals surface area (Å²) in [5.74, 6) is 0.0540. The summed E-state index contributed by atoms with van der Waals surface area (Å²) in [6.45, 7) is 9.62. The first kappa shape index (κ1) is 36.7. The van der Waals surface area contributed by atoms with Gasteiger partial charge in [-0.2, -0.15) is 0 Å². The van der Waals surface area contributed by atoms with E-state index in [0.29, 0.717) is 25.3 Å². The van der Waals surface area contributed by atoms with E-state index in [2.05, 4.69) is 9.88 Å². The van der Waals surface area contributed by atoms with Crippen molar-refractivity contribution >= 4 is 27.5 Å². The summed E-state index contributed by atoms with van der Waals surface area (Å²) in [5.41, 5.74) is 0.562. The summed E-state index contributed by atoms with van der Waals surface area (Å²) >= 11 is 0. The van der Waals surface area contributed by atoms with Crippen LogP contribution in [0.3, 0.4) is 0 Å². The zero-order chi connectivity index (χ0) is 34.3. The number of rotatable bonds is 8. The molecule has 4 atom stereocenters. The van der Waals surface area contributed by atoms with Crippen molar-refractivity contribution in [2.45, 2.75) is 109 Å². The van der Waals surface area contributed by atoms with E-state index in [9.17, 15) is 23.1 Å². The maximum atomic E-state index is 14.4. The van der Waals surface area contributed by atoms with Crippen LogP contribution in [0.4, 0.5) is 5.69 Å². The molecule has 0 unspecified atom stereocenters. The molecule has 2 N–H and O–H groups in total. The largest absolute Gasteiger partial charge is 0.490 e. The van der Waals surface area contributed by atoms with E-state index >= 15 is 0 Å².